The highest BCUT2D eigenvalue weighted by Crippen LogP contribution is 2.15. The molecule has 0 radical (unpaired) electrons. The van der Waals surface area contributed by atoms with E-state index in [1.807, 2.05) is 6.07 Å². The maximum Gasteiger partial charge on any atom is 0.269 e. The van der Waals surface area contributed by atoms with Crippen LogP contribution in [0.1, 0.15) is 5.56 Å². The Labute approximate surface area is 82.5 Å². The van der Waals surface area contributed by atoms with Crippen LogP contribution >= 0.6 is 0 Å². The molecule has 14 heavy (non-hydrogen) atoms. The Morgan fingerprint density at radius 1 is 1.36 bits per heavy atom. The molecule has 0 N–H and O–H groups in total. The standard InChI is InChI=1S/C11H8N2O/c1-2-9-4-3-5-10(6-9)14-11(7-12)8-13/h2-6,11H,1H2. The molecule has 1 aromatic rings. The number of nitrogens with zero attached hydrogens (tertiary/aromatic N) is 2. The molecule has 0 bridgehead atoms. The van der Waals surface area contributed by atoms with Crippen LogP contribution in [0.3, 0.4) is 0 Å². The first kappa shape index (κ1) is 9.83. The van der Waals surface area contributed by atoms with Gasteiger partial charge >= 0.3 is 0 Å². The average molecular weight is 184 g/mol. The summed E-state index contributed by atoms with van der Waals surface area (Å²) in [6.07, 6.45) is 0.607. The first-order valence-electron chi connectivity index (χ1n) is 3.98. The van der Waals surface area contributed by atoms with Crippen LogP contribution in [0, 0.1) is 22.7 Å². The minimum Gasteiger partial charge on any atom is -0.462 e. The fourth-order valence-electron chi connectivity index (χ4n) is 0.932. The zero-order valence-electron chi connectivity index (χ0n) is 7.47. The van der Waals surface area contributed by atoms with Crippen molar-refractivity contribution in [2.75, 3.05) is 0 Å². The predicted octanol–water partition coefficient (Wildman–Crippen LogP) is 2.12. The van der Waals surface area contributed by atoms with Crippen molar-refractivity contribution in [3.8, 4) is 17.9 Å². The summed E-state index contributed by atoms with van der Waals surface area (Å²) in [4.78, 5) is 0. The van der Waals surface area contributed by atoms with Crippen LogP contribution in [0.25, 0.3) is 6.08 Å². The second-order valence-corrected chi connectivity index (χ2v) is 2.53. The van der Waals surface area contributed by atoms with Gasteiger partial charge in [-0.05, 0) is 17.7 Å². The number of hydrogen-bond donors (Lipinski definition) is 0. The molecule has 68 valence electrons. The lowest BCUT2D eigenvalue weighted by molar-refractivity contribution is 0.309. The fraction of sp³-hybridized carbons (Fsp3) is 0.0909. The van der Waals surface area contributed by atoms with Gasteiger partial charge in [0.25, 0.3) is 6.10 Å². The summed E-state index contributed by atoms with van der Waals surface area (Å²) in [5.41, 5.74) is 0.886. The summed E-state index contributed by atoms with van der Waals surface area (Å²) in [6.45, 7) is 3.61. The van der Waals surface area contributed by atoms with Crippen molar-refractivity contribution in [1.82, 2.24) is 0 Å². The lowest BCUT2D eigenvalue weighted by atomic mass is 10.2. The molecule has 0 amide bonds. The van der Waals surface area contributed by atoms with Gasteiger partial charge in [-0.15, -0.1) is 0 Å². The van der Waals surface area contributed by atoms with Gasteiger partial charge in [0.2, 0.25) is 0 Å². The van der Waals surface area contributed by atoms with Crippen LogP contribution in [-0.4, -0.2) is 6.10 Å². The highest BCUT2D eigenvalue weighted by molar-refractivity contribution is 5.49. The Kier molecular flexibility index (Phi) is 3.29. The minimum absolute atomic E-state index is 0.496. The van der Waals surface area contributed by atoms with Crippen molar-refractivity contribution in [2.45, 2.75) is 6.10 Å². The smallest absolute Gasteiger partial charge is 0.269 e. The van der Waals surface area contributed by atoms with Crippen molar-refractivity contribution in [1.29, 1.82) is 10.5 Å². The van der Waals surface area contributed by atoms with E-state index in [1.165, 1.54) is 0 Å². The monoisotopic (exact) mass is 184 g/mol. The van der Waals surface area contributed by atoms with Gasteiger partial charge < -0.3 is 4.74 Å². The SMILES string of the molecule is C=Cc1cccc(OC(C#N)C#N)c1. The molecule has 0 saturated carbocycles. The molecule has 0 aromatic heterocycles. The highest BCUT2D eigenvalue weighted by atomic mass is 16.5. The van der Waals surface area contributed by atoms with E-state index in [1.54, 1.807) is 36.4 Å². The van der Waals surface area contributed by atoms with Gasteiger partial charge in [-0.1, -0.05) is 24.8 Å². The Morgan fingerprint density at radius 2 is 2.07 bits per heavy atom. The molecular weight excluding hydrogens is 176 g/mol. The second kappa shape index (κ2) is 4.69. The summed E-state index contributed by atoms with van der Waals surface area (Å²) >= 11 is 0. The highest BCUT2D eigenvalue weighted by Gasteiger charge is 2.05. The molecule has 0 heterocycles. The van der Waals surface area contributed by atoms with Gasteiger partial charge in [-0.25, -0.2) is 0 Å². The molecule has 0 spiro atoms. The molecule has 1 rings (SSSR count). The normalized spacial score (nSPS) is 8.79. The molecule has 0 aliphatic heterocycles. The topological polar surface area (TPSA) is 56.8 Å². The molecule has 1 aromatic carbocycles. The quantitative estimate of drug-likeness (QED) is 0.722. The molecule has 0 aliphatic rings. The van der Waals surface area contributed by atoms with E-state index in [9.17, 15) is 0 Å². The van der Waals surface area contributed by atoms with Crippen molar-refractivity contribution in [3.05, 3.63) is 36.4 Å². The lowest BCUT2D eigenvalue weighted by Gasteiger charge is -2.05. The van der Waals surface area contributed by atoms with Crippen LogP contribution < -0.4 is 4.74 Å². The van der Waals surface area contributed by atoms with Gasteiger partial charge in [-0.3, -0.25) is 0 Å². The zero-order valence-corrected chi connectivity index (χ0v) is 7.47. The van der Waals surface area contributed by atoms with E-state index in [0.717, 1.165) is 5.56 Å². The van der Waals surface area contributed by atoms with Crippen LogP contribution in [0.4, 0.5) is 0 Å². The van der Waals surface area contributed by atoms with Crippen LogP contribution in [-0.2, 0) is 0 Å². The van der Waals surface area contributed by atoms with Gasteiger partial charge in [0.1, 0.15) is 17.9 Å². The molecular formula is C11H8N2O. The van der Waals surface area contributed by atoms with E-state index in [-0.39, 0.29) is 0 Å². The molecule has 0 aliphatic carbocycles. The van der Waals surface area contributed by atoms with Crippen LogP contribution in [0.5, 0.6) is 5.75 Å². The van der Waals surface area contributed by atoms with E-state index < -0.39 is 6.10 Å². The summed E-state index contributed by atoms with van der Waals surface area (Å²) < 4.78 is 5.09. The van der Waals surface area contributed by atoms with Crippen molar-refractivity contribution < 1.29 is 4.74 Å². The summed E-state index contributed by atoms with van der Waals surface area (Å²) in [6, 6.07) is 10.5. The van der Waals surface area contributed by atoms with Gasteiger partial charge in [0.15, 0.2) is 0 Å². The van der Waals surface area contributed by atoms with E-state index in [4.69, 9.17) is 15.3 Å². The third-order valence-corrected chi connectivity index (χ3v) is 1.58. The Hall–Kier alpha value is -2.26. The molecule has 0 saturated heterocycles. The van der Waals surface area contributed by atoms with Crippen molar-refractivity contribution >= 4 is 6.08 Å². The van der Waals surface area contributed by atoms with Crippen molar-refractivity contribution in [3.63, 3.8) is 0 Å². The zero-order chi connectivity index (χ0) is 10.4. The Bertz CT molecular complexity index is 398. The summed E-state index contributed by atoms with van der Waals surface area (Å²) in [7, 11) is 0. The molecule has 0 fully saturated rings. The lowest BCUT2D eigenvalue weighted by Crippen LogP contribution is -2.10. The first-order chi connectivity index (χ1) is 6.80. The van der Waals surface area contributed by atoms with Gasteiger partial charge in [0.05, 0.1) is 0 Å². The van der Waals surface area contributed by atoms with E-state index in [2.05, 4.69) is 6.58 Å². The second-order valence-electron chi connectivity index (χ2n) is 2.53. The van der Waals surface area contributed by atoms with Gasteiger partial charge in [-0.2, -0.15) is 10.5 Å². The summed E-state index contributed by atoms with van der Waals surface area (Å²) in [5.74, 6) is 0.496. The number of benzene rings is 1. The first-order valence-corrected chi connectivity index (χ1v) is 3.98. The summed E-state index contributed by atoms with van der Waals surface area (Å²) in [5, 5.41) is 17.0. The number of rotatable bonds is 3. The predicted molar refractivity (Wildman–Crippen MR) is 52.2 cm³/mol. The number of nitriles is 2. The minimum atomic E-state index is -1.06. The maximum atomic E-state index is 8.50. The van der Waals surface area contributed by atoms with Gasteiger partial charge in [0, 0.05) is 0 Å². The number of ether oxygens (including phenoxy) is 1. The van der Waals surface area contributed by atoms with E-state index in [0.29, 0.717) is 5.75 Å². The molecule has 0 atom stereocenters. The average Bonchev–Trinajstić information content (AvgIpc) is 2.26. The Morgan fingerprint density at radius 3 is 2.64 bits per heavy atom. The van der Waals surface area contributed by atoms with Crippen molar-refractivity contribution in [2.24, 2.45) is 0 Å². The Balaban J connectivity index is 2.83. The number of hydrogen-bond acceptors (Lipinski definition) is 3. The largest absolute Gasteiger partial charge is 0.462 e. The van der Waals surface area contributed by atoms with Crippen LogP contribution in [0.15, 0.2) is 30.8 Å². The molecule has 0 unspecified atom stereocenters. The third kappa shape index (κ3) is 2.36. The third-order valence-electron chi connectivity index (χ3n) is 1.58. The fourth-order valence-corrected chi connectivity index (χ4v) is 0.932. The van der Waals surface area contributed by atoms with Crippen LogP contribution in [0.2, 0.25) is 0 Å². The molecule has 3 nitrogen and oxygen atoms in total. The molecule has 3 heteroatoms. The maximum absolute atomic E-state index is 8.50. The van der Waals surface area contributed by atoms with E-state index >= 15 is 0 Å².